The van der Waals surface area contributed by atoms with Gasteiger partial charge in [-0.2, -0.15) is 0 Å². The van der Waals surface area contributed by atoms with Crippen molar-refractivity contribution in [3.63, 3.8) is 0 Å². The minimum atomic E-state index is -0.319. The van der Waals surface area contributed by atoms with Gasteiger partial charge >= 0.3 is 0 Å². The van der Waals surface area contributed by atoms with Crippen LogP contribution in [0.4, 0.5) is 10.3 Å². The minimum Gasteiger partial charge on any atom is -0.374 e. The maximum atomic E-state index is 13.7. The third kappa shape index (κ3) is 2.53. The van der Waals surface area contributed by atoms with Crippen LogP contribution in [0.5, 0.6) is 0 Å². The molecule has 108 valence electrons. The lowest BCUT2D eigenvalue weighted by Crippen LogP contribution is -2.42. The second-order valence-electron chi connectivity index (χ2n) is 5.09. The van der Waals surface area contributed by atoms with E-state index in [1.54, 1.807) is 6.07 Å². The number of ether oxygens (including phenoxy) is 1. The Morgan fingerprint density at radius 2 is 2.35 bits per heavy atom. The van der Waals surface area contributed by atoms with Crippen molar-refractivity contribution in [2.45, 2.75) is 12.6 Å². The van der Waals surface area contributed by atoms with Crippen LogP contribution in [-0.2, 0) is 11.3 Å². The maximum absolute atomic E-state index is 13.7. The number of nitrogens with two attached hydrogens (primary N) is 1. The van der Waals surface area contributed by atoms with E-state index in [1.165, 1.54) is 6.07 Å². The van der Waals surface area contributed by atoms with Crippen LogP contribution in [-0.4, -0.2) is 47.3 Å². The molecular weight excluding hydrogens is 327 g/mol. The lowest BCUT2D eigenvalue weighted by atomic mass is 10.2. The van der Waals surface area contributed by atoms with Crippen LogP contribution in [0.25, 0.3) is 11.0 Å². The maximum Gasteiger partial charge on any atom is 0.201 e. The summed E-state index contributed by atoms with van der Waals surface area (Å²) in [6.07, 6.45) is 0.0418. The minimum absolute atomic E-state index is 0.0418. The molecule has 2 heterocycles. The van der Waals surface area contributed by atoms with Crippen molar-refractivity contribution in [2.24, 2.45) is 0 Å². The van der Waals surface area contributed by atoms with Crippen molar-refractivity contribution in [3.05, 3.63) is 22.4 Å². The fraction of sp³-hybridized carbons (Fsp3) is 0.462. The lowest BCUT2D eigenvalue weighted by Gasteiger charge is -2.30. The largest absolute Gasteiger partial charge is 0.374 e. The van der Waals surface area contributed by atoms with Crippen LogP contribution >= 0.6 is 15.9 Å². The third-order valence-electron chi connectivity index (χ3n) is 3.55. The zero-order valence-corrected chi connectivity index (χ0v) is 12.7. The number of aromatic nitrogens is 2. The van der Waals surface area contributed by atoms with E-state index < -0.39 is 0 Å². The molecule has 1 saturated heterocycles. The number of nitrogens with zero attached hydrogens (tertiary/aromatic N) is 3. The van der Waals surface area contributed by atoms with Crippen molar-refractivity contribution in [2.75, 3.05) is 32.5 Å². The molecule has 0 aliphatic carbocycles. The van der Waals surface area contributed by atoms with Crippen molar-refractivity contribution >= 4 is 32.9 Å². The Balaban J connectivity index is 1.94. The average molecular weight is 343 g/mol. The summed E-state index contributed by atoms with van der Waals surface area (Å²) in [6.45, 7) is 3.04. The highest BCUT2D eigenvalue weighted by Gasteiger charge is 2.21. The van der Waals surface area contributed by atoms with Gasteiger partial charge in [0, 0.05) is 19.2 Å². The van der Waals surface area contributed by atoms with Crippen molar-refractivity contribution in [1.29, 1.82) is 0 Å². The Kier molecular flexibility index (Phi) is 3.66. The monoisotopic (exact) mass is 342 g/mol. The number of benzene rings is 1. The molecular formula is C13H16BrFN4O. The Labute approximate surface area is 124 Å². The predicted octanol–water partition coefficient (Wildman–Crippen LogP) is 1.85. The molecule has 0 spiro atoms. The fourth-order valence-electron chi connectivity index (χ4n) is 2.51. The highest BCUT2D eigenvalue weighted by Crippen LogP contribution is 2.25. The summed E-state index contributed by atoms with van der Waals surface area (Å²) in [5.74, 6) is 0.0645. The molecule has 0 saturated carbocycles. The van der Waals surface area contributed by atoms with Crippen LogP contribution in [0.15, 0.2) is 16.6 Å². The standard InChI is InChI=1S/C13H16BrFN4O/c1-18-2-3-20-8(6-18)7-19-12-5-10(15)9(14)4-11(12)17-13(19)16/h4-5,8H,2-3,6-7H2,1H3,(H2,16,17). The number of likely N-dealkylation sites (N-methyl/N-ethyl adjacent to an activating group) is 1. The van der Waals surface area contributed by atoms with Gasteiger partial charge in [0.05, 0.1) is 34.8 Å². The molecule has 1 atom stereocenters. The van der Waals surface area contributed by atoms with Crippen molar-refractivity contribution in [1.82, 2.24) is 14.5 Å². The van der Waals surface area contributed by atoms with Crippen LogP contribution in [0, 0.1) is 5.82 Å². The molecule has 1 aromatic heterocycles. The number of anilines is 1. The molecule has 0 radical (unpaired) electrons. The number of hydrogen-bond donors (Lipinski definition) is 1. The molecule has 0 amide bonds. The van der Waals surface area contributed by atoms with Crippen molar-refractivity contribution < 1.29 is 9.13 Å². The van der Waals surface area contributed by atoms with Gasteiger partial charge in [-0.05, 0) is 29.0 Å². The van der Waals surface area contributed by atoms with Gasteiger partial charge in [-0.1, -0.05) is 0 Å². The van der Waals surface area contributed by atoms with Gasteiger partial charge in [-0.15, -0.1) is 0 Å². The third-order valence-corrected chi connectivity index (χ3v) is 4.16. The second-order valence-corrected chi connectivity index (χ2v) is 5.95. The average Bonchev–Trinajstić information content (AvgIpc) is 2.67. The van der Waals surface area contributed by atoms with E-state index in [1.807, 2.05) is 4.57 Å². The Morgan fingerprint density at radius 1 is 1.55 bits per heavy atom. The summed E-state index contributed by atoms with van der Waals surface area (Å²) in [5, 5.41) is 0. The Hall–Kier alpha value is -1.18. The summed E-state index contributed by atoms with van der Waals surface area (Å²) < 4.78 is 21.6. The van der Waals surface area contributed by atoms with Gasteiger partial charge in [0.1, 0.15) is 5.82 Å². The molecule has 1 fully saturated rings. The van der Waals surface area contributed by atoms with Gasteiger partial charge in [0.2, 0.25) is 5.95 Å². The summed E-state index contributed by atoms with van der Waals surface area (Å²) in [5.41, 5.74) is 7.33. The summed E-state index contributed by atoms with van der Waals surface area (Å²) in [7, 11) is 2.06. The summed E-state index contributed by atoms with van der Waals surface area (Å²) >= 11 is 3.16. The van der Waals surface area contributed by atoms with E-state index in [9.17, 15) is 4.39 Å². The second kappa shape index (κ2) is 5.31. The quantitative estimate of drug-likeness (QED) is 0.904. The van der Waals surface area contributed by atoms with E-state index in [0.29, 0.717) is 34.6 Å². The molecule has 1 aliphatic rings. The van der Waals surface area contributed by atoms with Gasteiger partial charge in [0.15, 0.2) is 0 Å². The molecule has 7 heteroatoms. The number of fused-ring (bicyclic) bond motifs is 1. The Bertz CT molecular complexity index is 645. The smallest absolute Gasteiger partial charge is 0.201 e. The molecule has 20 heavy (non-hydrogen) atoms. The first-order valence-electron chi connectivity index (χ1n) is 6.45. The highest BCUT2D eigenvalue weighted by atomic mass is 79.9. The first-order chi connectivity index (χ1) is 9.54. The lowest BCUT2D eigenvalue weighted by molar-refractivity contribution is -0.0267. The molecule has 2 N–H and O–H groups in total. The van der Waals surface area contributed by atoms with Crippen LogP contribution in [0.1, 0.15) is 0 Å². The molecule has 5 nitrogen and oxygen atoms in total. The normalized spacial score (nSPS) is 20.6. The predicted molar refractivity (Wildman–Crippen MR) is 79.0 cm³/mol. The first-order valence-corrected chi connectivity index (χ1v) is 7.25. The van der Waals surface area contributed by atoms with Crippen LogP contribution in [0.3, 0.4) is 0 Å². The number of nitrogen functional groups attached to an aromatic ring is 1. The van der Waals surface area contributed by atoms with Gasteiger partial charge < -0.3 is 19.9 Å². The number of rotatable bonds is 2. The van der Waals surface area contributed by atoms with E-state index in [2.05, 4.69) is 32.9 Å². The number of hydrogen-bond acceptors (Lipinski definition) is 4. The molecule has 3 rings (SSSR count). The zero-order valence-electron chi connectivity index (χ0n) is 11.1. The van der Waals surface area contributed by atoms with E-state index in [4.69, 9.17) is 10.5 Å². The van der Waals surface area contributed by atoms with Crippen molar-refractivity contribution in [3.8, 4) is 0 Å². The van der Waals surface area contributed by atoms with E-state index >= 15 is 0 Å². The molecule has 0 bridgehead atoms. The number of halogens is 2. The Morgan fingerprint density at radius 3 is 3.10 bits per heavy atom. The van der Waals surface area contributed by atoms with Gasteiger partial charge in [-0.25, -0.2) is 9.37 Å². The first kappa shape index (κ1) is 13.8. The molecule has 2 aromatic rings. The molecule has 1 aromatic carbocycles. The van der Waals surface area contributed by atoms with Gasteiger partial charge in [-0.3, -0.25) is 0 Å². The van der Waals surface area contributed by atoms with E-state index in [-0.39, 0.29) is 11.9 Å². The molecule has 1 aliphatic heterocycles. The summed E-state index contributed by atoms with van der Waals surface area (Å²) in [4.78, 5) is 6.48. The van der Waals surface area contributed by atoms with Crippen LogP contribution in [0.2, 0.25) is 0 Å². The number of morpholine rings is 1. The zero-order chi connectivity index (χ0) is 14.3. The SMILES string of the molecule is CN1CCOC(Cn2c(N)nc3cc(Br)c(F)cc32)C1. The highest BCUT2D eigenvalue weighted by molar-refractivity contribution is 9.10. The van der Waals surface area contributed by atoms with E-state index in [0.717, 1.165) is 13.1 Å². The van der Waals surface area contributed by atoms with Gasteiger partial charge in [0.25, 0.3) is 0 Å². The molecule has 1 unspecified atom stereocenters. The summed E-state index contributed by atoms with van der Waals surface area (Å²) in [6, 6.07) is 3.10. The topological polar surface area (TPSA) is 56.3 Å². The van der Waals surface area contributed by atoms with Crippen LogP contribution < -0.4 is 5.73 Å². The number of imidazole rings is 1. The fourth-order valence-corrected chi connectivity index (χ4v) is 2.84.